The first-order valence-electron chi connectivity index (χ1n) is 8.34. The summed E-state index contributed by atoms with van der Waals surface area (Å²) in [4.78, 5) is 23.0. The summed E-state index contributed by atoms with van der Waals surface area (Å²) in [5.74, 6) is 0.0235. The van der Waals surface area contributed by atoms with Crippen LogP contribution < -0.4 is 4.72 Å². The van der Waals surface area contributed by atoms with E-state index in [1.807, 2.05) is 0 Å². The molecule has 0 aliphatic carbocycles. The highest BCUT2D eigenvalue weighted by Gasteiger charge is 2.36. The smallest absolute Gasteiger partial charge is 0.253 e. The Morgan fingerprint density at radius 1 is 1.24 bits per heavy atom. The second-order valence-corrected chi connectivity index (χ2v) is 8.30. The van der Waals surface area contributed by atoms with Crippen LogP contribution in [0, 0.1) is 5.92 Å². The molecule has 1 saturated heterocycles. The predicted molar refractivity (Wildman–Crippen MR) is 95.6 cm³/mol. The Morgan fingerprint density at radius 2 is 1.96 bits per heavy atom. The number of likely N-dealkylation sites (tertiary alicyclic amines) is 1. The first kappa shape index (κ1) is 17.8. The van der Waals surface area contributed by atoms with Crippen molar-refractivity contribution in [2.24, 2.45) is 5.92 Å². The second-order valence-electron chi connectivity index (χ2n) is 6.52. The van der Waals surface area contributed by atoms with Crippen LogP contribution >= 0.6 is 0 Å². The summed E-state index contributed by atoms with van der Waals surface area (Å²) in [7, 11) is -3.31. The van der Waals surface area contributed by atoms with E-state index >= 15 is 0 Å². The van der Waals surface area contributed by atoms with Crippen molar-refractivity contribution < 1.29 is 13.2 Å². The van der Waals surface area contributed by atoms with Crippen molar-refractivity contribution in [2.45, 2.75) is 25.8 Å². The topological polar surface area (TPSA) is 92.3 Å². The SMILES string of the molecule is CCC[C@@H]1CN(C(=O)c2ccc3nccnc3c2)C[C@H]1NS(C)(=O)=O. The summed E-state index contributed by atoms with van der Waals surface area (Å²) in [6.45, 7) is 3.00. The number of aromatic nitrogens is 2. The van der Waals surface area contributed by atoms with Gasteiger partial charge < -0.3 is 4.90 Å². The molecule has 0 spiro atoms. The number of amides is 1. The first-order chi connectivity index (χ1) is 11.9. The quantitative estimate of drug-likeness (QED) is 0.868. The minimum absolute atomic E-state index is 0.105. The van der Waals surface area contributed by atoms with Gasteiger partial charge >= 0.3 is 0 Å². The van der Waals surface area contributed by atoms with Gasteiger partial charge in [0.05, 0.1) is 17.3 Å². The van der Waals surface area contributed by atoms with Crippen LogP contribution in [-0.4, -0.2) is 54.6 Å². The van der Waals surface area contributed by atoms with Gasteiger partial charge in [-0.1, -0.05) is 13.3 Å². The van der Waals surface area contributed by atoms with Gasteiger partial charge in [-0.3, -0.25) is 14.8 Å². The molecule has 8 heteroatoms. The summed E-state index contributed by atoms with van der Waals surface area (Å²) in [5, 5.41) is 0. The first-order valence-corrected chi connectivity index (χ1v) is 10.2. The number of sulfonamides is 1. The summed E-state index contributed by atoms with van der Waals surface area (Å²) in [6.07, 6.45) is 6.18. The molecule has 2 aromatic rings. The molecule has 2 atom stereocenters. The van der Waals surface area contributed by atoms with Crippen LogP contribution in [0.1, 0.15) is 30.1 Å². The van der Waals surface area contributed by atoms with E-state index in [1.54, 1.807) is 35.5 Å². The molecule has 1 aromatic heterocycles. The Labute approximate surface area is 147 Å². The maximum Gasteiger partial charge on any atom is 0.253 e. The lowest BCUT2D eigenvalue weighted by Crippen LogP contribution is -2.40. The fraction of sp³-hybridized carbons (Fsp3) is 0.471. The molecule has 0 saturated carbocycles. The molecular formula is C17H22N4O3S. The van der Waals surface area contributed by atoms with E-state index in [4.69, 9.17) is 0 Å². The van der Waals surface area contributed by atoms with Crippen molar-refractivity contribution in [3.05, 3.63) is 36.2 Å². The van der Waals surface area contributed by atoms with E-state index in [-0.39, 0.29) is 17.9 Å². The molecule has 134 valence electrons. The third-order valence-electron chi connectivity index (χ3n) is 4.47. The zero-order valence-corrected chi connectivity index (χ0v) is 15.2. The Bertz CT molecular complexity index is 884. The van der Waals surface area contributed by atoms with E-state index < -0.39 is 10.0 Å². The molecular weight excluding hydrogens is 340 g/mol. The van der Waals surface area contributed by atoms with Crippen LogP contribution in [0.5, 0.6) is 0 Å². The number of carbonyl (C=O) groups excluding carboxylic acids is 1. The van der Waals surface area contributed by atoms with Crippen LogP contribution in [0.4, 0.5) is 0 Å². The van der Waals surface area contributed by atoms with Crippen molar-refractivity contribution >= 4 is 27.0 Å². The molecule has 3 rings (SSSR count). The van der Waals surface area contributed by atoms with Gasteiger partial charge in [-0.2, -0.15) is 0 Å². The number of nitrogens with zero attached hydrogens (tertiary/aromatic N) is 3. The van der Waals surface area contributed by atoms with Crippen LogP contribution in [0.15, 0.2) is 30.6 Å². The van der Waals surface area contributed by atoms with Crippen LogP contribution in [0.3, 0.4) is 0 Å². The fourth-order valence-electron chi connectivity index (χ4n) is 3.39. The minimum atomic E-state index is -3.31. The monoisotopic (exact) mass is 362 g/mol. The molecule has 2 heterocycles. The number of carbonyl (C=O) groups is 1. The van der Waals surface area contributed by atoms with E-state index in [1.165, 1.54) is 0 Å². The molecule has 25 heavy (non-hydrogen) atoms. The zero-order valence-electron chi connectivity index (χ0n) is 14.3. The van der Waals surface area contributed by atoms with Crippen molar-refractivity contribution in [3.8, 4) is 0 Å². The van der Waals surface area contributed by atoms with Crippen molar-refractivity contribution in [1.82, 2.24) is 19.6 Å². The molecule has 1 fully saturated rings. The van der Waals surface area contributed by atoms with Gasteiger partial charge in [0, 0.05) is 37.1 Å². The van der Waals surface area contributed by atoms with Gasteiger partial charge in [0.25, 0.3) is 5.91 Å². The molecule has 1 amide bonds. The number of rotatable bonds is 5. The van der Waals surface area contributed by atoms with E-state index in [2.05, 4.69) is 21.6 Å². The van der Waals surface area contributed by atoms with Gasteiger partial charge in [-0.15, -0.1) is 0 Å². The summed E-state index contributed by atoms with van der Waals surface area (Å²) < 4.78 is 25.9. The van der Waals surface area contributed by atoms with Crippen LogP contribution in [-0.2, 0) is 10.0 Å². The summed E-state index contributed by atoms with van der Waals surface area (Å²) in [6, 6.07) is 5.02. The average molecular weight is 362 g/mol. The van der Waals surface area contributed by atoms with Gasteiger partial charge in [0.1, 0.15) is 0 Å². The molecule has 0 bridgehead atoms. The Balaban J connectivity index is 1.81. The predicted octanol–water partition coefficient (Wildman–Crippen LogP) is 1.42. The molecule has 1 aliphatic rings. The molecule has 1 aliphatic heterocycles. The number of nitrogens with one attached hydrogen (secondary N) is 1. The number of fused-ring (bicyclic) bond motifs is 1. The maximum absolute atomic E-state index is 12.9. The largest absolute Gasteiger partial charge is 0.337 e. The highest BCUT2D eigenvalue weighted by Crippen LogP contribution is 2.24. The number of hydrogen-bond donors (Lipinski definition) is 1. The third-order valence-corrected chi connectivity index (χ3v) is 5.20. The molecule has 1 N–H and O–H groups in total. The lowest BCUT2D eigenvalue weighted by molar-refractivity contribution is 0.0785. The van der Waals surface area contributed by atoms with Crippen molar-refractivity contribution in [3.63, 3.8) is 0 Å². The highest BCUT2D eigenvalue weighted by molar-refractivity contribution is 7.88. The van der Waals surface area contributed by atoms with Gasteiger partial charge in [-0.25, -0.2) is 13.1 Å². The Hall–Kier alpha value is -2.06. The average Bonchev–Trinajstić information content (AvgIpc) is 2.95. The standard InChI is InChI=1S/C17H22N4O3S/c1-3-4-13-10-21(11-16(13)20-25(2,23)24)17(22)12-5-6-14-15(9-12)19-8-7-18-14/h5-9,13,16,20H,3-4,10-11H2,1-2H3/t13-,16-/m1/s1. The van der Waals surface area contributed by atoms with Gasteiger partial charge in [0.2, 0.25) is 10.0 Å². The maximum atomic E-state index is 12.9. The summed E-state index contributed by atoms with van der Waals surface area (Å²) >= 11 is 0. The van der Waals surface area contributed by atoms with Crippen molar-refractivity contribution in [1.29, 1.82) is 0 Å². The summed E-state index contributed by atoms with van der Waals surface area (Å²) in [5.41, 5.74) is 1.95. The number of hydrogen-bond acceptors (Lipinski definition) is 5. The van der Waals surface area contributed by atoms with Crippen LogP contribution in [0.25, 0.3) is 11.0 Å². The zero-order chi connectivity index (χ0) is 18.0. The minimum Gasteiger partial charge on any atom is -0.337 e. The lowest BCUT2D eigenvalue weighted by Gasteiger charge is -2.17. The fourth-order valence-corrected chi connectivity index (χ4v) is 4.20. The second kappa shape index (κ2) is 7.05. The Kier molecular flexibility index (Phi) is 5.01. The van der Waals surface area contributed by atoms with E-state index in [0.717, 1.165) is 24.6 Å². The number of benzene rings is 1. The Morgan fingerprint density at radius 3 is 2.64 bits per heavy atom. The normalized spacial score (nSPS) is 21.0. The third kappa shape index (κ3) is 4.13. The van der Waals surface area contributed by atoms with Crippen molar-refractivity contribution in [2.75, 3.05) is 19.3 Å². The molecule has 1 aromatic carbocycles. The lowest BCUT2D eigenvalue weighted by atomic mass is 9.99. The molecule has 0 unspecified atom stereocenters. The molecule has 7 nitrogen and oxygen atoms in total. The van der Waals surface area contributed by atoms with E-state index in [9.17, 15) is 13.2 Å². The van der Waals surface area contributed by atoms with Gasteiger partial charge in [0.15, 0.2) is 0 Å². The van der Waals surface area contributed by atoms with E-state index in [0.29, 0.717) is 24.2 Å². The highest BCUT2D eigenvalue weighted by atomic mass is 32.2. The van der Waals surface area contributed by atoms with Gasteiger partial charge in [-0.05, 0) is 30.5 Å². The van der Waals surface area contributed by atoms with Crippen LogP contribution in [0.2, 0.25) is 0 Å². The molecule has 0 radical (unpaired) electrons.